The van der Waals surface area contributed by atoms with Gasteiger partial charge in [0.2, 0.25) is 0 Å². The van der Waals surface area contributed by atoms with Crippen molar-refractivity contribution >= 4 is 40.0 Å². The maximum Gasteiger partial charge on any atom is 0.255 e. The highest BCUT2D eigenvalue weighted by molar-refractivity contribution is 6.38. The van der Waals surface area contributed by atoms with E-state index in [1.807, 2.05) is 31.0 Å². The van der Waals surface area contributed by atoms with E-state index < -0.39 is 0 Å². The van der Waals surface area contributed by atoms with Gasteiger partial charge in [-0.1, -0.05) is 50.4 Å². The van der Waals surface area contributed by atoms with Crippen LogP contribution in [0.15, 0.2) is 30.3 Å². The summed E-state index contributed by atoms with van der Waals surface area (Å²) in [6.45, 7) is 10.4. The molecule has 1 aliphatic heterocycles. The highest BCUT2D eigenvalue weighted by Crippen LogP contribution is 2.38. The third kappa shape index (κ3) is 4.82. The SMILES string of the molecule is CCC(C)(C)C1CCN(C(=O)c2ccc(Cl)c(Cc3cc4c(C)cc(C#N)cc4n3C)c2Cl)CC1. The predicted molar refractivity (Wildman–Crippen MR) is 144 cm³/mol. The number of nitrogens with zero attached hydrogens (tertiary/aromatic N) is 3. The van der Waals surface area contributed by atoms with E-state index in [0.717, 1.165) is 60.1 Å². The van der Waals surface area contributed by atoms with E-state index in [1.54, 1.807) is 12.1 Å². The van der Waals surface area contributed by atoms with Gasteiger partial charge in [-0.05, 0) is 72.6 Å². The Kier molecular flexibility index (Phi) is 7.23. The first-order chi connectivity index (χ1) is 16.6. The number of carbonyl (C=O) groups is 1. The molecule has 184 valence electrons. The van der Waals surface area contributed by atoms with Crippen LogP contribution in [-0.4, -0.2) is 28.5 Å². The molecular formula is C29H33Cl2N3O. The molecule has 35 heavy (non-hydrogen) atoms. The standard InChI is InChI=1S/C29H33Cl2N3O/c1-6-29(3,4)20-9-11-34(12-10-20)28(35)22-7-8-25(30)24(27(22)31)16-21-15-23-18(2)13-19(17-32)14-26(23)33(21)5/h7-8,13-15,20H,6,9-12,16H2,1-5H3. The van der Waals surface area contributed by atoms with E-state index in [-0.39, 0.29) is 5.91 Å². The molecule has 4 nitrogen and oxygen atoms in total. The average molecular weight is 511 g/mol. The van der Waals surface area contributed by atoms with Crippen molar-refractivity contribution in [1.82, 2.24) is 9.47 Å². The van der Waals surface area contributed by atoms with Crippen molar-refractivity contribution in [2.24, 2.45) is 18.4 Å². The fourth-order valence-corrected chi connectivity index (χ4v) is 5.91. The van der Waals surface area contributed by atoms with E-state index in [2.05, 4.69) is 37.5 Å². The van der Waals surface area contributed by atoms with E-state index in [0.29, 0.717) is 38.9 Å². The van der Waals surface area contributed by atoms with E-state index >= 15 is 0 Å². The zero-order chi connectivity index (χ0) is 25.5. The van der Waals surface area contributed by atoms with Crippen molar-refractivity contribution in [2.45, 2.75) is 53.4 Å². The third-order valence-electron chi connectivity index (χ3n) is 8.17. The average Bonchev–Trinajstić information content (AvgIpc) is 3.17. The topological polar surface area (TPSA) is 49.0 Å². The number of hydrogen-bond donors (Lipinski definition) is 0. The van der Waals surface area contributed by atoms with Crippen LogP contribution in [0.5, 0.6) is 0 Å². The van der Waals surface area contributed by atoms with Crippen LogP contribution in [0.1, 0.15) is 72.8 Å². The Morgan fingerprint density at radius 1 is 1.17 bits per heavy atom. The molecule has 0 radical (unpaired) electrons. The number of aromatic nitrogens is 1. The largest absolute Gasteiger partial charge is 0.347 e. The lowest BCUT2D eigenvalue weighted by molar-refractivity contribution is 0.0580. The normalized spacial score (nSPS) is 15.0. The molecule has 3 aromatic rings. The Labute approximate surface area is 218 Å². The smallest absolute Gasteiger partial charge is 0.255 e. The van der Waals surface area contributed by atoms with Gasteiger partial charge in [0, 0.05) is 48.2 Å². The molecule has 2 aromatic carbocycles. The van der Waals surface area contributed by atoms with Crippen LogP contribution in [0.25, 0.3) is 10.9 Å². The van der Waals surface area contributed by atoms with Gasteiger partial charge in [-0.2, -0.15) is 5.26 Å². The number of likely N-dealkylation sites (tertiary alicyclic amines) is 1. The zero-order valence-electron chi connectivity index (χ0n) is 21.2. The lowest BCUT2D eigenvalue weighted by Gasteiger charge is -2.40. The molecule has 1 aromatic heterocycles. The summed E-state index contributed by atoms with van der Waals surface area (Å²) in [4.78, 5) is 15.4. The molecule has 0 N–H and O–H groups in total. The first-order valence-electron chi connectivity index (χ1n) is 12.3. The van der Waals surface area contributed by atoms with Crippen LogP contribution in [0.3, 0.4) is 0 Å². The maximum absolute atomic E-state index is 13.4. The number of halogens is 2. The summed E-state index contributed by atoms with van der Waals surface area (Å²) in [7, 11) is 1.98. The molecule has 1 saturated heterocycles. The number of fused-ring (bicyclic) bond motifs is 1. The highest BCUT2D eigenvalue weighted by Gasteiger charge is 2.33. The van der Waals surface area contributed by atoms with Crippen LogP contribution in [-0.2, 0) is 13.5 Å². The fourth-order valence-electron chi connectivity index (χ4n) is 5.33. The predicted octanol–water partition coefficient (Wildman–Crippen LogP) is 7.54. The molecular weight excluding hydrogens is 477 g/mol. The maximum atomic E-state index is 13.4. The summed E-state index contributed by atoms with van der Waals surface area (Å²) < 4.78 is 2.07. The van der Waals surface area contributed by atoms with Crippen LogP contribution >= 0.6 is 23.2 Å². The molecule has 1 fully saturated rings. The second-order valence-corrected chi connectivity index (χ2v) is 11.3. The second kappa shape index (κ2) is 9.88. The third-order valence-corrected chi connectivity index (χ3v) is 8.96. The Bertz CT molecular complexity index is 1320. The highest BCUT2D eigenvalue weighted by atomic mass is 35.5. The monoisotopic (exact) mass is 509 g/mol. The minimum Gasteiger partial charge on any atom is -0.347 e. The van der Waals surface area contributed by atoms with Gasteiger partial charge in [-0.15, -0.1) is 0 Å². The van der Waals surface area contributed by atoms with Gasteiger partial charge in [0.1, 0.15) is 0 Å². The lowest BCUT2D eigenvalue weighted by Crippen LogP contribution is -2.42. The number of piperidine rings is 1. The molecule has 1 aliphatic rings. The van der Waals surface area contributed by atoms with Gasteiger partial charge in [0.25, 0.3) is 5.91 Å². The molecule has 0 saturated carbocycles. The van der Waals surface area contributed by atoms with Crippen molar-refractivity contribution in [3.63, 3.8) is 0 Å². The fraction of sp³-hybridized carbons (Fsp3) is 0.448. The first kappa shape index (κ1) is 25.6. The summed E-state index contributed by atoms with van der Waals surface area (Å²) in [6.07, 6.45) is 3.68. The number of benzene rings is 2. The molecule has 0 aliphatic carbocycles. The summed E-state index contributed by atoms with van der Waals surface area (Å²) in [5, 5.41) is 11.4. The first-order valence-corrected chi connectivity index (χ1v) is 13.1. The van der Waals surface area contributed by atoms with E-state index in [1.165, 1.54) is 0 Å². The number of carbonyl (C=O) groups excluding carboxylic acids is 1. The Balaban J connectivity index is 1.61. The molecule has 2 heterocycles. The molecule has 0 unspecified atom stereocenters. The zero-order valence-corrected chi connectivity index (χ0v) is 22.7. The number of nitriles is 1. The summed E-state index contributed by atoms with van der Waals surface area (Å²) in [5.74, 6) is 0.608. The van der Waals surface area contributed by atoms with Crippen molar-refractivity contribution in [2.75, 3.05) is 13.1 Å². The van der Waals surface area contributed by atoms with Crippen molar-refractivity contribution in [1.29, 1.82) is 5.26 Å². The quantitative estimate of drug-likeness (QED) is 0.356. The molecule has 0 atom stereocenters. The number of amides is 1. The van der Waals surface area contributed by atoms with Crippen LogP contribution in [0.2, 0.25) is 10.0 Å². The van der Waals surface area contributed by atoms with Gasteiger partial charge in [0.05, 0.1) is 22.2 Å². The van der Waals surface area contributed by atoms with Gasteiger partial charge >= 0.3 is 0 Å². The lowest BCUT2D eigenvalue weighted by atomic mass is 9.72. The van der Waals surface area contributed by atoms with Gasteiger partial charge in [-0.3, -0.25) is 4.79 Å². The van der Waals surface area contributed by atoms with E-state index in [4.69, 9.17) is 23.2 Å². The van der Waals surface area contributed by atoms with Crippen molar-refractivity contribution in [3.8, 4) is 6.07 Å². The van der Waals surface area contributed by atoms with Gasteiger partial charge in [0.15, 0.2) is 0 Å². The Hall–Kier alpha value is -2.48. The Morgan fingerprint density at radius 2 is 1.86 bits per heavy atom. The molecule has 6 heteroatoms. The second-order valence-electron chi connectivity index (χ2n) is 10.5. The number of hydrogen-bond acceptors (Lipinski definition) is 2. The number of rotatable bonds is 5. The van der Waals surface area contributed by atoms with Crippen molar-refractivity contribution < 1.29 is 4.79 Å². The molecule has 1 amide bonds. The summed E-state index contributed by atoms with van der Waals surface area (Å²) >= 11 is 13.4. The number of aryl methyl sites for hydroxylation is 2. The minimum absolute atomic E-state index is 0.0211. The van der Waals surface area contributed by atoms with Crippen LogP contribution in [0, 0.1) is 29.6 Å². The van der Waals surface area contributed by atoms with Crippen LogP contribution in [0.4, 0.5) is 0 Å². The minimum atomic E-state index is -0.0211. The summed E-state index contributed by atoms with van der Waals surface area (Å²) in [6, 6.07) is 11.7. The van der Waals surface area contributed by atoms with Crippen LogP contribution < -0.4 is 0 Å². The summed E-state index contributed by atoms with van der Waals surface area (Å²) in [5.41, 5.74) is 5.27. The van der Waals surface area contributed by atoms with Gasteiger partial charge < -0.3 is 9.47 Å². The van der Waals surface area contributed by atoms with Crippen molar-refractivity contribution in [3.05, 3.63) is 68.3 Å². The Morgan fingerprint density at radius 3 is 2.49 bits per heavy atom. The molecule has 4 rings (SSSR count). The van der Waals surface area contributed by atoms with Gasteiger partial charge in [-0.25, -0.2) is 0 Å². The molecule has 0 bridgehead atoms. The molecule has 0 spiro atoms. The van der Waals surface area contributed by atoms with E-state index in [9.17, 15) is 10.1 Å².